The first kappa shape index (κ1) is 13.1. The molecule has 17 heavy (non-hydrogen) atoms. The Balaban J connectivity index is 3.04. The average Bonchev–Trinajstić information content (AvgIpc) is 2.14. The summed E-state index contributed by atoms with van der Waals surface area (Å²) >= 11 is 0. The number of nitrogens with zero attached hydrogens (tertiary/aromatic N) is 3. The van der Waals surface area contributed by atoms with Crippen molar-refractivity contribution in [2.75, 3.05) is 10.6 Å². The number of hydrogen-bond donors (Lipinski definition) is 3. The summed E-state index contributed by atoms with van der Waals surface area (Å²) in [5.74, 6) is -0.927. The van der Waals surface area contributed by atoms with Crippen LogP contribution in [-0.2, 0) is 0 Å². The highest BCUT2D eigenvalue weighted by atomic mass is 16.4. The molecule has 0 aromatic carbocycles. The normalized spacial score (nSPS) is 10.7. The van der Waals surface area contributed by atoms with Gasteiger partial charge in [0.05, 0.1) is 0 Å². The van der Waals surface area contributed by atoms with Crippen LogP contribution >= 0.6 is 0 Å². The smallest absolute Gasteiger partial charge is 0.374 e. The third kappa shape index (κ3) is 4.21. The molecule has 94 valence electrons. The fourth-order valence-electron chi connectivity index (χ4n) is 1.12. The van der Waals surface area contributed by atoms with Crippen LogP contribution in [0.4, 0.5) is 11.9 Å². The summed E-state index contributed by atoms with van der Waals surface area (Å²) in [4.78, 5) is 22.6. The highest BCUT2D eigenvalue weighted by Gasteiger charge is 2.13. The van der Waals surface area contributed by atoms with Crippen molar-refractivity contribution in [3.8, 4) is 0 Å². The Morgan fingerprint density at radius 3 is 1.71 bits per heavy atom. The lowest BCUT2D eigenvalue weighted by atomic mass is 10.4. The second-order valence-electron chi connectivity index (χ2n) is 4.21. The van der Waals surface area contributed by atoms with Crippen molar-refractivity contribution in [3.05, 3.63) is 5.82 Å². The number of aromatic carboxylic acids is 1. The lowest BCUT2D eigenvalue weighted by Crippen LogP contribution is -2.19. The monoisotopic (exact) mass is 239 g/mol. The number of nitrogens with one attached hydrogen (secondary N) is 2. The molecule has 1 aromatic rings. The fourth-order valence-corrected chi connectivity index (χ4v) is 1.12. The molecule has 1 rings (SSSR count). The SMILES string of the molecule is CC(C)Nc1nc(NC(C)C)nc(C(=O)O)n1. The minimum absolute atomic E-state index is 0.117. The minimum atomic E-state index is -1.17. The van der Waals surface area contributed by atoms with Crippen LogP contribution in [0.2, 0.25) is 0 Å². The molecule has 0 aliphatic rings. The largest absolute Gasteiger partial charge is 0.475 e. The van der Waals surface area contributed by atoms with Gasteiger partial charge in [-0.1, -0.05) is 0 Å². The van der Waals surface area contributed by atoms with Gasteiger partial charge < -0.3 is 15.7 Å². The van der Waals surface area contributed by atoms with Crippen LogP contribution in [0.15, 0.2) is 0 Å². The molecule has 7 heteroatoms. The highest BCUT2D eigenvalue weighted by Crippen LogP contribution is 2.08. The molecule has 0 bridgehead atoms. The fraction of sp³-hybridized carbons (Fsp3) is 0.600. The number of aromatic nitrogens is 3. The first-order valence-electron chi connectivity index (χ1n) is 5.41. The summed E-state index contributed by atoms with van der Waals surface area (Å²) in [6, 6.07) is 0.233. The summed E-state index contributed by atoms with van der Waals surface area (Å²) in [6.45, 7) is 7.67. The van der Waals surface area contributed by atoms with Gasteiger partial charge in [0.15, 0.2) is 0 Å². The van der Waals surface area contributed by atoms with Crippen molar-refractivity contribution in [2.45, 2.75) is 39.8 Å². The van der Waals surface area contributed by atoms with Crippen molar-refractivity contribution in [1.82, 2.24) is 15.0 Å². The van der Waals surface area contributed by atoms with Crippen LogP contribution in [-0.4, -0.2) is 38.1 Å². The number of hydrogen-bond acceptors (Lipinski definition) is 6. The van der Waals surface area contributed by atoms with E-state index < -0.39 is 5.97 Å². The van der Waals surface area contributed by atoms with Gasteiger partial charge in [0.2, 0.25) is 17.7 Å². The molecule has 0 saturated heterocycles. The molecule has 7 nitrogen and oxygen atoms in total. The Bertz CT molecular complexity index is 377. The third-order valence-electron chi connectivity index (χ3n) is 1.66. The molecule has 0 fully saturated rings. The van der Waals surface area contributed by atoms with Crippen molar-refractivity contribution in [3.63, 3.8) is 0 Å². The Morgan fingerprint density at radius 2 is 1.41 bits per heavy atom. The molecule has 0 radical (unpaired) electrons. The summed E-state index contributed by atoms with van der Waals surface area (Å²) in [5, 5.41) is 14.8. The van der Waals surface area contributed by atoms with Crippen molar-refractivity contribution >= 4 is 17.9 Å². The van der Waals surface area contributed by atoms with E-state index in [1.807, 2.05) is 27.7 Å². The van der Waals surface area contributed by atoms with Gasteiger partial charge in [0.1, 0.15) is 0 Å². The molecule has 0 aliphatic heterocycles. The zero-order valence-corrected chi connectivity index (χ0v) is 10.4. The quantitative estimate of drug-likeness (QED) is 0.710. The minimum Gasteiger partial charge on any atom is -0.475 e. The predicted molar refractivity (Wildman–Crippen MR) is 64.3 cm³/mol. The van der Waals surface area contributed by atoms with E-state index in [4.69, 9.17) is 5.11 Å². The predicted octanol–water partition coefficient (Wildman–Crippen LogP) is 1.21. The van der Waals surface area contributed by atoms with E-state index >= 15 is 0 Å². The molecule has 0 unspecified atom stereocenters. The maximum Gasteiger partial charge on any atom is 0.374 e. The van der Waals surface area contributed by atoms with E-state index in [0.29, 0.717) is 0 Å². The topological polar surface area (TPSA) is 100 Å². The molecule has 0 atom stereocenters. The summed E-state index contributed by atoms with van der Waals surface area (Å²) < 4.78 is 0. The molecule has 0 aliphatic carbocycles. The molecule has 3 N–H and O–H groups in total. The lowest BCUT2D eigenvalue weighted by Gasteiger charge is -2.12. The Hall–Kier alpha value is -1.92. The van der Waals surface area contributed by atoms with Crippen LogP contribution in [0.3, 0.4) is 0 Å². The number of rotatable bonds is 5. The Labute approximate surface area is 99.7 Å². The van der Waals surface area contributed by atoms with E-state index in [1.165, 1.54) is 0 Å². The number of carbonyl (C=O) groups is 1. The van der Waals surface area contributed by atoms with Crippen LogP contribution in [0.5, 0.6) is 0 Å². The van der Waals surface area contributed by atoms with Crippen LogP contribution < -0.4 is 10.6 Å². The number of anilines is 2. The van der Waals surface area contributed by atoms with Crippen LogP contribution in [0.25, 0.3) is 0 Å². The first-order chi connectivity index (χ1) is 7.88. The van der Waals surface area contributed by atoms with Gasteiger partial charge in [-0.2, -0.15) is 15.0 Å². The second kappa shape index (κ2) is 5.42. The van der Waals surface area contributed by atoms with Gasteiger partial charge in [-0.3, -0.25) is 0 Å². The average molecular weight is 239 g/mol. The van der Waals surface area contributed by atoms with Crippen LogP contribution in [0.1, 0.15) is 38.3 Å². The Morgan fingerprint density at radius 1 is 1.00 bits per heavy atom. The molecular formula is C10H17N5O2. The van der Waals surface area contributed by atoms with Gasteiger partial charge in [0.25, 0.3) is 0 Å². The third-order valence-corrected chi connectivity index (χ3v) is 1.66. The van der Waals surface area contributed by atoms with E-state index in [0.717, 1.165) is 0 Å². The summed E-state index contributed by atoms with van der Waals surface area (Å²) in [6.07, 6.45) is 0. The van der Waals surface area contributed by atoms with E-state index in [9.17, 15) is 4.79 Å². The molecule has 1 aromatic heterocycles. The van der Waals surface area contributed by atoms with Gasteiger partial charge in [-0.15, -0.1) is 0 Å². The molecular weight excluding hydrogens is 222 g/mol. The van der Waals surface area contributed by atoms with Gasteiger partial charge in [-0.05, 0) is 27.7 Å². The maximum absolute atomic E-state index is 10.9. The maximum atomic E-state index is 10.9. The van der Waals surface area contributed by atoms with Crippen molar-refractivity contribution < 1.29 is 9.90 Å². The zero-order valence-electron chi connectivity index (χ0n) is 10.4. The summed E-state index contributed by atoms with van der Waals surface area (Å²) in [5.41, 5.74) is 0. The molecule has 1 heterocycles. The lowest BCUT2D eigenvalue weighted by molar-refractivity contribution is 0.0683. The van der Waals surface area contributed by atoms with Gasteiger partial charge in [0, 0.05) is 12.1 Å². The highest BCUT2D eigenvalue weighted by molar-refractivity contribution is 5.83. The zero-order chi connectivity index (χ0) is 13.0. The molecule has 0 saturated carbocycles. The first-order valence-corrected chi connectivity index (χ1v) is 5.41. The standard InChI is InChI=1S/C10H17N5O2/c1-5(2)11-9-13-7(8(16)17)14-10(15-9)12-6(3)4/h5-6H,1-4H3,(H,16,17)(H2,11,12,13,14,15). The molecule has 0 amide bonds. The Kier molecular flexibility index (Phi) is 4.19. The molecule has 0 spiro atoms. The number of carboxylic acid groups (broad SMARTS) is 1. The van der Waals surface area contributed by atoms with E-state index in [2.05, 4.69) is 25.6 Å². The van der Waals surface area contributed by atoms with Crippen LogP contribution in [0, 0.1) is 0 Å². The van der Waals surface area contributed by atoms with Crippen molar-refractivity contribution in [2.24, 2.45) is 0 Å². The van der Waals surface area contributed by atoms with Gasteiger partial charge >= 0.3 is 5.97 Å². The second-order valence-corrected chi connectivity index (χ2v) is 4.21. The van der Waals surface area contributed by atoms with Crippen molar-refractivity contribution in [1.29, 1.82) is 0 Å². The van der Waals surface area contributed by atoms with E-state index in [1.54, 1.807) is 0 Å². The number of carboxylic acids is 1. The summed E-state index contributed by atoms with van der Waals surface area (Å²) in [7, 11) is 0. The van der Waals surface area contributed by atoms with Gasteiger partial charge in [-0.25, -0.2) is 4.79 Å². The van der Waals surface area contributed by atoms with E-state index in [-0.39, 0.29) is 29.8 Å².